The Kier molecular flexibility index (Phi) is 15.9. The highest BCUT2D eigenvalue weighted by molar-refractivity contribution is 5.73. The van der Waals surface area contributed by atoms with Crippen LogP contribution in [0.1, 0.15) is 0 Å². The number of rotatable bonds is 13. The molecular weight excluding hydrogens is 792 g/mol. The highest BCUT2D eigenvalue weighted by Gasteiger charge is 2.57. The van der Waals surface area contributed by atoms with E-state index in [4.69, 9.17) is 42.6 Å². The largest absolute Gasteiger partial charge is 0.479 e. The van der Waals surface area contributed by atoms with Crippen molar-refractivity contribution >= 4 is 5.97 Å². The van der Waals surface area contributed by atoms with Crippen LogP contribution >= 0.6 is 0 Å². The second-order valence-electron chi connectivity index (χ2n) is 14.0. The Labute approximate surface area is 320 Å². The van der Waals surface area contributed by atoms with Crippen molar-refractivity contribution in [1.29, 1.82) is 0 Å². The van der Waals surface area contributed by atoms with Gasteiger partial charge in [0, 0.05) is 0 Å². The van der Waals surface area contributed by atoms with E-state index >= 15 is 0 Å². The number of aliphatic carboxylic acids is 1. The predicted octanol–water partition coefficient (Wildman–Crippen LogP) is -11.8. The zero-order chi connectivity index (χ0) is 42.2. The van der Waals surface area contributed by atoms with Gasteiger partial charge < -0.3 is 129 Å². The van der Waals surface area contributed by atoms with E-state index in [2.05, 4.69) is 0 Å². The van der Waals surface area contributed by atoms with Crippen LogP contribution in [0.5, 0.6) is 0 Å². The summed E-state index contributed by atoms with van der Waals surface area (Å²) in [6, 6.07) is 0. The lowest BCUT2D eigenvalue weighted by atomic mass is 9.95. The predicted molar refractivity (Wildman–Crippen MR) is 167 cm³/mol. The van der Waals surface area contributed by atoms with Gasteiger partial charge in [0.05, 0.1) is 26.4 Å². The monoisotopic (exact) mass is 842 g/mol. The second-order valence-corrected chi connectivity index (χ2v) is 14.0. The average Bonchev–Trinajstić information content (AvgIpc) is 3.19. The number of carboxylic acids is 1. The molecule has 0 aromatic rings. The molecule has 57 heavy (non-hydrogen) atoms. The summed E-state index contributed by atoms with van der Waals surface area (Å²) in [5.41, 5.74) is 0. The van der Waals surface area contributed by atoms with E-state index in [1.54, 1.807) is 0 Å². The molecule has 5 saturated heterocycles. The molecule has 0 radical (unpaired) electrons. The van der Waals surface area contributed by atoms with E-state index in [9.17, 15) is 91.6 Å². The van der Waals surface area contributed by atoms with Crippen molar-refractivity contribution in [2.45, 2.75) is 154 Å². The van der Waals surface area contributed by atoms with Gasteiger partial charge in [-0.3, -0.25) is 0 Å². The van der Waals surface area contributed by atoms with Crippen molar-refractivity contribution in [2.24, 2.45) is 0 Å². The first-order valence-corrected chi connectivity index (χ1v) is 17.6. The van der Waals surface area contributed by atoms with Gasteiger partial charge in [0.2, 0.25) is 0 Å². The minimum Gasteiger partial charge on any atom is -0.479 e. The Morgan fingerprint density at radius 3 is 1.09 bits per heavy atom. The number of carboxylic acid groups (broad SMARTS) is 1. The first kappa shape index (κ1) is 46.5. The lowest BCUT2D eigenvalue weighted by molar-refractivity contribution is -0.390. The molecule has 5 fully saturated rings. The van der Waals surface area contributed by atoms with Crippen molar-refractivity contribution in [3.8, 4) is 0 Å². The number of aliphatic hydroxyl groups excluding tert-OH is 16. The Bertz CT molecular complexity index is 1280. The molecule has 5 rings (SSSR count). The summed E-state index contributed by atoms with van der Waals surface area (Å²) in [5, 5.41) is 175. The second kappa shape index (κ2) is 19.5. The Morgan fingerprint density at radius 1 is 0.368 bits per heavy atom. The molecular formula is C30H50O27. The van der Waals surface area contributed by atoms with Gasteiger partial charge in [-0.1, -0.05) is 0 Å². The zero-order valence-electron chi connectivity index (χ0n) is 29.4. The van der Waals surface area contributed by atoms with Crippen LogP contribution in [-0.4, -0.2) is 273 Å². The number of hydrogen-bond donors (Lipinski definition) is 17. The SMILES string of the molecule is O=C(O)C1O[C@@H](O[C@@H]2C(CO)O[C@@H](O[C@@H]3C(CO)O[C@H](O[C@H]4C(CO)O[C@H](O)C(O)[C@H]4O)C(O)[C@H]3O)C(O)[C@H]2O)C(O)[C@@H](O)[C@@H]1O[C@H]1OC(CO)[C@@H](O)[C@H](O)C1O. The third-order valence-electron chi connectivity index (χ3n) is 10.3. The van der Waals surface area contributed by atoms with Crippen LogP contribution in [0.3, 0.4) is 0 Å². The van der Waals surface area contributed by atoms with E-state index in [-0.39, 0.29) is 0 Å². The zero-order valence-corrected chi connectivity index (χ0v) is 29.4. The summed E-state index contributed by atoms with van der Waals surface area (Å²) >= 11 is 0. The molecule has 0 spiro atoms. The van der Waals surface area contributed by atoms with Gasteiger partial charge in [-0.2, -0.15) is 0 Å². The van der Waals surface area contributed by atoms with Crippen LogP contribution in [0, 0.1) is 0 Å². The maximum Gasteiger partial charge on any atom is 0.335 e. The molecule has 25 atom stereocenters. The van der Waals surface area contributed by atoms with Crippen molar-refractivity contribution in [3.05, 3.63) is 0 Å². The summed E-state index contributed by atoms with van der Waals surface area (Å²) in [5.74, 6) is -1.84. The normalized spacial score (nSPS) is 52.4. The summed E-state index contributed by atoms with van der Waals surface area (Å²) < 4.78 is 48.4. The number of aliphatic hydroxyl groups is 16. The number of ether oxygens (including phenoxy) is 9. The maximum absolute atomic E-state index is 12.2. The van der Waals surface area contributed by atoms with E-state index in [0.29, 0.717) is 0 Å². The molecule has 17 N–H and O–H groups in total. The summed E-state index contributed by atoms with van der Waals surface area (Å²) in [7, 11) is 0. The van der Waals surface area contributed by atoms with Gasteiger partial charge in [-0.15, -0.1) is 0 Å². The molecule has 0 amide bonds. The summed E-state index contributed by atoms with van der Waals surface area (Å²) in [6.07, 6.45) is -48.7. The third kappa shape index (κ3) is 9.38. The molecule has 5 aliphatic rings. The quantitative estimate of drug-likeness (QED) is 0.0818. The van der Waals surface area contributed by atoms with Gasteiger partial charge in [0.1, 0.15) is 116 Å². The molecule has 0 saturated carbocycles. The first-order chi connectivity index (χ1) is 26.9. The fraction of sp³-hybridized carbons (Fsp3) is 0.967. The minimum absolute atomic E-state index is 0.852. The molecule has 0 aromatic carbocycles. The summed E-state index contributed by atoms with van der Waals surface area (Å²) in [6.45, 7) is -3.76. The van der Waals surface area contributed by atoms with Gasteiger partial charge >= 0.3 is 5.97 Å². The third-order valence-corrected chi connectivity index (χ3v) is 10.3. The van der Waals surface area contributed by atoms with Crippen LogP contribution < -0.4 is 0 Å². The van der Waals surface area contributed by atoms with Crippen LogP contribution in [0.15, 0.2) is 0 Å². The fourth-order valence-corrected chi connectivity index (χ4v) is 7.00. The van der Waals surface area contributed by atoms with E-state index in [1.165, 1.54) is 0 Å². The lowest BCUT2D eigenvalue weighted by Crippen LogP contribution is -2.68. The maximum atomic E-state index is 12.2. The lowest BCUT2D eigenvalue weighted by Gasteiger charge is -2.49. The molecule has 5 heterocycles. The molecule has 0 bridgehead atoms. The van der Waals surface area contributed by atoms with Crippen LogP contribution in [-0.2, 0) is 47.4 Å². The summed E-state index contributed by atoms with van der Waals surface area (Å²) in [4.78, 5) is 12.2. The molecule has 27 heteroatoms. The Morgan fingerprint density at radius 2 is 0.684 bits per heavy atom. The highest BCUT2D eigenvalue weighted by Crippen LogP contribution is 2.35. The molecule has 0 aromatic heterocycles. The Balaban J connectivity index is 1.24. The molecule has 10 unspecified atom stereocenters. The Hall–Kier alpha value is -1.53. The molecule has 0 aliphatic carbocycles. The van der Waals surface area contributed by atoms with Crippen molar-refractivity contribution in [1.82, 2.24) is 0 Å². The minimum atomic E-state index is -2.25. The van der Waals surface area contributed by atoms with Crippen molar-refractivity contribution in [3.63, 3.8) is 0 Å². The number of carbonyl (C=O) groups is 1. The average molecular weight is 843 g/mol. The van der Waals surface area contributed by atoms with Crippen LogP contribution in [0.25, 0.3) is 0 Å². The van der Waals surface area contributed by atoms with E-state index in [1.807, 2.05) is 0 Å². The smallest absolute Gasteiger partial charge is 0.335 e. The highest BCUT2D eigenvalue weighted by atomic mass is 16.8. The molecule has 27 nitrogen and oxygen atoms in total. The van der Waals surface area contributed by atoms with Gasteiger partial charge in [0.25, 0.3) is 0 Å². The first-order valence-electron chi connectivity index (χ1n) is 17.6. The van der Waals surface area contributed by atoms with Crippen molar-refractivity contribution in [2.75, 3.05) is 26.4 Å². The van der Waals surface area contributed by atoms with Crippen LogP contribution in [0.2, 0.25) is 0 Å². The van der Waals surface area contributed by atoms with Gasteiger partial charge in [-0.05, 0) is 0 Å². The van der Waals surface area contributed by atoms with Gasteiger partial charge in [-0.25, -0.2) is 4.79 Å². The van der Waals surface area contributed by atoms with E-state index < -0.39 is 186 Å². The van der Waals surface area contributed by atoms with E-state index in [0.717, 1.165) is 0 Å². The molecule has 5 aliphatic heterocycles. The van der Waals surface area contributed by atoms with Crippen molar-refractivity contribution < 1.29 is 134 Å². The molecule has 332 valence electrons. The topological polar surface area (TPSA) is 444 Å². The number of hydrogen-bond acceptors (Lipinski definition) is 26. The van der Waals surface area contributed by atoms with Gasteiger partial charge in [0.15, 0.2) is 37.6 Å². The standard InChI is InChI=1S/C30H50O27/c31-1-5-9(35)10(36)16(42)27(50-5)56-23-14(40)19(45)30(57-24(23)25(46)47)55-22-8(4-34)52-29(18(44)13(22)39)54-21-7(3-33)51-28(17(43)12(21)38)53-20-6(2-32)49-26(48)15(41)11(20)37/h5-24,26-45,48H,1-4H2,(H,46,47)/t5?,6?,7?,8?,9-,10+,11-,12-,13-,14-,15?,16?,17?,18?,19?,20+,21-,22-,23+,24?,26+,27-,28-,29+,30-/m1/s1. The fourth-order valence-electron chi connectivity index (χ4n) is 7.00. The van der Waals surface area contributed by atoms with Crippen LogP contribution in [0.4, 0.5) is 0 Å².